The normalized spacial score (nSPS) is 14.5. The van der Waals surface area contributed by atoms with E-state index in [4.69, 9.17) is 0 Å². The third-order valence-electron chi connectivity index (χ3n) is 4.18. The van der Waals surface area contributed by atoms with Crippen LogP contribution in [-0.2, 0) is 11.2 Å². The Balaban J connectivity index is 1.55. The summed E-state index contributed by atoms with van der Waals surface area (Å²) in [5.74, 6) is -0.376. The number of carbonyl (C=O) groups is 2. The Morgan fingerprint density at radius 3 is 2.21 bits per heavy atom. The van der Waals surface area contributed by atoms with Gasteiger partial charge in [-0.15, -0.1) is 0 Å². The summed E-state index contributed by atoms with van der Waals surface area (Å²) >= 11 is 0. The molecule has 5 heteroatoms. The van der Waals surface area contributed by atoms with E-state index in [0.29, 0.717) is 37.3 Å². The highest BCUT2D eigenvalue weighted by atomic mass is 19.1. The molecule has 2 aromatic carbocycles. The average Bonchev–Trinajstić information content (AvgIpc) is 2.62. The van der Waals surface area contributed by atoms with Crippen molar-refractivity contribution in [1.29, 1.82) is 0 Å². The van der Waals surface area contributed by atoms with Crippen LogP contribution >= 0.6 is 0 Å². The molecule has 24 heavy (non-hydrogen) atoms. The van der Waals surface area contributed by atoms with Crippen molar-refractivity contribution in [2.45, 2.75) is 6.42 Å². The van der Waals surface area contributed by atoms with E-state index in [1.54, 1.807) is 34.1 Å². The van der Waals surface area contributed by atoms with E-state index in [2.05, 4.69) is 0 Å². The van der Waals surface area contributed by atoms with E-state index in [0.717, 1.165) is 0 Å². The number of halogens is 1. The first kappa shape index (κ1) is 16.2. The third-order valence-corrected chi connectivity index (χ3v) is 4.18. The van der Waals surface area contributed by atoms with Crippen LogP contribution in [0.1, 0.15) is 15.9 Å². The lowest BCUT2D eigenvalue weighted by Gasteiger charge is -2.35. The van der Waals surface area contributed by atoms with Crippen LogP contribution in [0.5, 0.6) is 0 Å². The molecule has 3 rings (SSSR count). The van der Waals surface area contributed by atoms with E-state index in [9.17, 15) is 14.0 Å². The Bertz CT molecular complexity index is 725. The first-order valence-corrected chi connectivity index (χ1v) is 8.00. The molecular formula is C19H19FN2O2. The van der Waals surface area contributed by atoms with Gasteiger partial charge in [-0.3, -0.25) is 9.59 Å². The summed E-state index contributed by atoms with van der Waals surface area (Å²) in [4.78, 5) is 28.2. The van der Waals surface area contributed by atoms with Crippen molar-refractivity contribution >= 4 is 11.8 Å². The fourth-order valence-corrected chi connectivity index (χ4v) is 2.86. The highest BCUT2D eigenvalue weighted by molar-refractivity contribution is 5.94. The van der Waals surface area contributed by atoms with Crippen LogP contribution in [0.3, 0.4) is 0 Å². The van der Waals surface area contributed by atoms with Gasteiger partial charge in [0, 0.05) is 31.7 Å². The molecule has 124 valence electrons. The standard InChI is InChI=1S/C19H19FN2O2/c20-17-8-4-5-15(13-17)14-18(23)21-9-11-22(12-10-21)19(24)16-6-2-1-3-7-16/h1-8,13H,9-12,14H2. The molecule has 0 aromatic heterocycles. The zero-order valence-electron chi connectivity index (χ0n) is 13.3. The van der Waals surface area contributed by atoms with Crippen LogP contribution in [0.15, 0.2) is 54.6 Å². The molecule has 0 radical (unpaired) electrons. The van der Waals surface area contributed by atoms with Crippen LogP contribution < -0.4 is 0 Å². The van der Waals surface area contributed by atoms with Gasteiger partial charge in [-0.2, -0.15) is 0 Å². The Hall–Kier alpha value is -2.69. The minimum absolute atomic E-state index is 0.00664. The lowest BCUT2D eigenvalue weighted by atomic mass is 10.1. The minimum atomic E-state index is -0.335. The van der Waals surface area contributed by atoms with Crippen LogP contribution in [0, 0.1) is 5.82 Å². The van der Waals surface area contributed by atoms with Gasteiger partial charge in [-0.05, 0) is 29.8 Å². The molecule has 1 fully saturated rings. The fourth-order valence-electron chi connectivity index (χ4n) is 2.86. The van der Waals surface area contributed by atoms with Crippen molar-refractivity contribution in [3.8, 4) is 0 Å². The number of hydrogen-bond donors (Lipinski definition) is 0. The second kappa shape index (κ2) is 7.25. The number of rotatable bonds is 3. The van der Waals surface area contributed by atoms with Gasteiger partial charge in [-0.1, -0.05) is 30.3 Å². The van der Waals surface area contributed by atoms with Gasteiger partial charge in [0.1, 0.15) is 5.82 Å². The number of piperazine rings is 1. The molecule has 0 bridgehead atoms. The van der Waals surface area contributed by atoms with Gasteiger partial charge in [0.05, 0.1) is 6.42 Å². The average molecular weight is 326 g/mol. The van der Waals surface area contributed by atoms with E-state index < -0.39 is 0 Å². The van der Waals surface area contributed by atoms with Crippen molar-refractivity contribution in [3.05, 3.63) is 71.5 Å². The molecule has 0 aliphatic carbocycles. The maximum Gasteiger partial charge on any atom is 0.253 e. The zero-order chi connectivity index (χ0) is 16.9. The lowest BCUT2D eigenvalue weighted by Crippen LogP contribution is -2.51. The Kier molecular flexibility index (Phi) is 4.89. The molecule has 0 atom stereocenters. The molecular weight excluding hydrogens is 307 g/mol. The SMILES string of the molecule is O=C(Cc1cccc(F)c1)N1CCN(C(=O)c2ccccc2)CC1. The van der Waals surface area contributed by atoms with Crippen LogP contribution in [-0.4, -0.2) is 47.8 Å². The van der Waals surface area contributed by atoms with Crippen molar-refractivity contribution in [2.75, 3.05) is 26.2 Å². The maximum absolute atomic E-state index is 13.2. The van der Waals surface area contributed by atoms with Crippen LogP contribution in [0.4, 0.5) is 4.39 Å². The zero-order valence-corrected chi connectivity index (χ0v) is 13.3. The monoisotopic (exact) mass is 326 g/mol. The lowest BCUT2D eigenvalue weighted by molar-refractivity contribution is -0.131. The second-order valence-electron chi connectivity index (χ2n) is 5.85. The van der Waals surface area contributed by atoms with Crippen LogP contribution in [0.25, 0.3) is 0 Å². The summed E-state index contributed by atoms with van der Waals surface area (Å²) in [6.07, 6.45) is 0.185. The number of nitrogens with zero attached hydrogens (tertiary/aromatic N) is 2. The van der Waals surface area contributed by atoms with E-state index >= 15 is 0 Å². The summed E-state index contributed by atoms with van der Waals surface area (Å²) in [6.45, 7) is 2.05. The first-order chi connectivity index (χ1) is 11.6. The molecule has 2 aromatic rings. The Labute approximate surface area is 140 Å². The topological polar surface area (TPSA) is 40.6 Å². The van der Waals surface area contributed by atoms with E-state index in [1.165, 1.54) is 12.1 Å². The largest absolute Gasteiger partial charge is 0.339 e. The van der Waals surface area contributed by atoms with Crippen molar-refractivity contribution in [3.63, 3.8) is 0 Å². The van der Waals surface area contributed by atoms with Crippen molar-refractivity contribution in [1.82, 2.24) is 9.80 Å². The predicted molar refractivity (Wildman–Crippen MR) is 89.0 cm³/mol. The van der Waals surface area contributed by atoms with Gasteiger partial charge in [-0.25, -0.2) is 4.39 Å². The smallest absolute Gasteiger partial charge is 0.253 e. The Morgan fingerprint density at radius 2 is 1.54 bits per heavy atom. The summed E-state index contributed by atoms with van der Waals surface area (Å²) in [5.41, 5.74) is 1.33. The number of amides is 2. The first-order valence-electron chi connectivity index (χ1n) is 8.00. The van der Waals surface area contributed by atoms with E-state index in [-0.39, 0.29) is 24.1 Å². The molecule has 1 aliphatic rings. The van der Waals surface area contributed by atoms with Crippen LogP contribution in [0.2, 0.25) is 0 Å². The minimum Gasteiger partial charge on any atom is -0.339 e. The number of hydrogen-bond acceptors (Lipinski definition) is 2. The van der Waals surface area contributed by atoms with Gasteiger partial charge in [0.15, 0.2) is 0 Å². The predicted octanol–water partition coefficient (Wildman–Crippen LogP) is 2.35. The molecule has 0 unspecified atom stereocenters. The highest BCUT2D eigenvalue weighted by Gasteiger charge is 2.24. The number of benzene rings is 2. The summed E-state index contributed by atoms with van der Waals surface area (Å²) in [6, 6.07) is 15.2. The molecule has 4 nitrogen and oxygen atoms in total. The summed E-state index contributed by atoms with van der Waals surface area (Å²) in [5, 5.41) is 0. The molecule has 0 saturated carbocycles. The summed E-state index contributed by atoms with van der Waals surface area (Å²) < 4.78 is 13.2. The van der Waals surface area contributed by atoms with Crippen molar-refractivity contribution < 1.29 is 14.0 Å². The molecule has 0 spiro atoms. The van der Waals surface area contributed by atoms with Gasteiger partial charge in [0.25, 0.3) is 5.91 Å². The van der Waals surface area contributed by atoms with Gasteiger partial charge >= 0.3 is 0 Å². The Morgan fingerprint density at radius 1 is 0.875 bits per heavy atom. The van der Waals surface area contributed by atoms with Gasteiger partial charge < -0.3 is 9.80 Å². The molecule has 1 saturated heterocycles. The highest BCUT2D eigenvalue weighted by Crippen LogP contribution is 2.11. The molecule has 0 N–H and O–H groups in total. The van der Waals surface area contributed by atoms with Crippen molar-refractivity contribution in [2.24, 2.45) is 0 Å². The molecule has 1 aliphatic heterocycles. The molecule has 1 heterocycles. The third kappa shape index (κ3) is 3.79. The van der Waals surface area contributed by atoms with E-state index in [1.807, 2.05) is 18.2 Å². The fraction of sp³-hybridized carbons (Fsp3) is 0.263. The summed E-state index contributed by atoms with van der Waals surface area (Å²) in [7, 11) is 0. The number of carbonyl (C=O) groups excluding carboxylic acids is 2. The quantitative estimate of drug-likeness (QED) is 0.869. The molecule has 2 amide bonds. The maximum atomic E-state index is 13.2. The van der Waals surface area contributed by atoms with Gasteiger partial charge in [0.2, 0.25) is 5.91 Å². The second-order valence-corrected chi connectivity index (χ2v) is 5.85.